The molecule has 0 saturated carbocycles. The summed E-state index contributed by atoms with van der Waals surface area (Å²) >= 11 is 6.10. The number of carbonyl (C=O) groups is 1. The van der Waals surface area contributed by atoms with E-state index in [-0.39, 0.29) is 11.9 Å². The lowest BCUT2D eigenvalue weighted by atomic mass is 10.1. The maximum atomic E-state index is 12.3. The molecule has 0 aromatic heterocycles. The number of hydrogen-bond acceptors (Lipinski definition) is 2. The third-order valence-corrected chi connectivity index (χ3v) is 4.05. The Hall–Kier alpha value is -1.06. The molecule has 4 heteroatoms. The summed E-state index contributed by atoms with van der Waals surface area (Å²) < 4.78 is 0. The van der Waals surface area contributed by atoms with E-state index in [0.717, 1.165) is 31.5 Å². The van der Waals surface area contributed by atoms with Crippen LogP contribution in [0.2, 0.25) is 5.02 Å². The summed E-state index contributed by atoms with van der Waals surface area (Å²) in [6, 6.07) is 7.66. The summed E-state index contributed by atoms with van der Waals surface area (Å²) in [6.45, 7) is 6.91. The zero-order valence-corrected chi connectivity index (χ0v) is 13.0. The summed E-state index contributed by atoms with van der Waals surface area (Å²) in [6.07, 6.45) is 2.07. The van der Waals surface area contributed by atoms with E-state index in [2.05, 4.69) is 24.1 Å². The van der Waals surface area contributed by atoms with Gasteiger partial charge in [0, 0.05) is 18.1 Å². The summed E-state index contributed by atoms with van der Waals surface area (Å²) in [5.74, 6) is 0.718. The second kappa shape index (κ2) is 7.09. The Balaban J connectivity index is 1.90. The number of hydrogen-bond donors (Lipinski definition) is 1. The molecule has 1 heterocycles. The van der Waals surface area contributed by atoms with Crippen molar-refractivity contribution in [3.05, 3.63) is 34.9 Å². The van der Waals surface area contributed by atoms with Gasteiger partial charge in [0.25, 0.3) is 0 Å². The van der Waals surface area contributed by atoms with E-state index >= 15 is 0 Å². The molecule has 0 bridgehead atoms. The van der Waals surface area contributed by atoms with Crippen molar-refractivity contribution >= 4 is 17.5 Å². The van der Waals surface area contributed by atoms with Gasteiger partial charge < -0.3 is 5.32 Å². The molecule has 1 N–H and O–H groups in total. The predicted molar refractivity (Wildman–Crippen MR) is 82.7 cm³/mol. The number of halogens is 1. The van der Waals surface area contributed by atoms with Crippen LogP contribution in [0.1, 0.15) is 32.3 Å². The van der Waals surface area contributed by atoms with Crippen molar-refractivity contribution in [2.45, 2.75) is 39.3 Å². The molecule has 1 fully saturated rings. The van der Waals surface area contributed by atoms with Gasteiger partial charge in [0.05, 0.1) is 6.04 Å². The second-order valence-electron chi connectivity index (χ2n) is 5.86. The lowest BCUT2D eigenvalue weighted by molar-refractivity contribution is -0.125. The minimum Gasteiger partial charge on any atom is -0.351 e. The van der Waals surface area contributed by atoms with E-state index in [1.807, 2.05) is 24.3 Å². The highest BCUT2D eigenvalue weighted by Gasteiger charge is 2.30. The second-order valence-corrected chi connectivity index (χ2v) is 6.26. The number of nitrogens with one attached hydrogen (secondary N) is 1. The summed E-state index contributed by atoms with van der Waals surface area (Å²) in [4.78, 5) is 14.6. The molecule has 110 valence electrons. The topological polar surface area (TPSA) is 32.3 Å². The van der Waals surface area contributed by atoms with Crippen LogP contribution in [0.5, 0.6) is 0 Å². The molecule has 1 amide bonds. The first-order valence-electron chi connectivity index (χ1n) is 7.33. The minimum atomic E-state index is 0.0277. The van der Waals surface area contributed by atoms with E-state index in [9.17, 15) is 4.79 Å². The molecule has 1 aliphatic rings. The van der Waals surface area contributed by atoms with Crippen LogP contribution < -0.4 is 5.32 Å². The van der Waals surface area contributed by atoms with Crippen molar-refractivity contribution in [3.8, 4) is 0 Å². The summed E-state index contributed by atoms with van der Waals surface area (Å²) in [5, 5.41) is 3.73. The molecular weight excluding hydrogens is 272 g/mol. The Labute approximate surface area is 126 Å². The molecule has 0 unspecified atom stereocenters. The van der Waals surface area contributed by atoms with Crippen LogP contribution in [-0.2, 0) is 11.3 Å². The van der Waals surface area contributed by atoms with Gasteiger partial charge in [-0.3, -0.25) is 9.69 Å². The summed E-state index contributed by atoms with van der Waals surface area (Å²) in [5.41, 5.74) is 0.968. The lowest BCUT2D eigenvalue weighted by Gasteiger charge is -2.25. The molecule has 0 aliphatic carbocycles. The molecule has 3 nitrogen and oxygen atoms in total. The smallest absolute Gasteiger partial charge is 0.237 e. The molecule has 1 saturated heterocycles. The molecule has 1 aliphatic heterocycles. The van der Waals surface area contributed by atoms with Gasteiger partial charge in [-0.15, -0.1) is 0 Å². The van der Waals surface area contributed by atoms with Crippen LogP contribution in [0.4, 0.5) is 0 Å². The highest BCUT2D eigenvalue weighted by Crippen LogP contribution is 2.19. The first-order valence-corrected chi connectivity index (χ1v) is 7.71. The zero-order chi connectivity index (χ0) is 14.5. The standard InChI is InChI=1S/C16H23ClN2O/c1-12(2)11-19-9-5-8-15(19)16(20)18-10-13-6-3-4-7-14(13)17/h3-4,6-7,12,15H,5,8-11H2,1-2H3,(H,18,20)/t15-/m1/s1. The number of likely N-dealkylation sites (tertiary alicyclic amines) is 1. The van der Waals surface area contributed by atoms with E-state index in [1.54, 1.807) is 0 Å². The van der Waals surface area contributed by atoms with Gasteiger partial charge in [0.1, 0.15) is 0 Å². The van der Waals surface area contributed by atoms with Crippen LogP contribution >= 0.6 is 11.6 Å². The molecule has 0 spiro atoms. The van der Waals surface area contributed by atoms with Crippen LogP contribution in [0.15, 0.2) is 24.3 Å². The van der Waals surface area contributed by atoms with Crippen LogP contribution in [0, 0.1) is 5.92 Å². The normalized spacial score (nSPS) is 19.5. The van der Waals surface area contributed by atoms with Crippen LogP contribution in [-0.4, -0.2) is 29.9 Å². The quantitative estimate of drug-likeness (QED) is 0.905. The molecule has 1 atom stereocenters. The molecule has 2 rings (SSSR count). The Bertz CT molecular complexity index is 462. The SMILES string of the molecule is CC(C)CN1CCC[C@@H]1C(=O)NCc1ccccc1Cl. The van der Waals surface area contributed by atoms with Gasteiger partial charge in [-0.05, 0) is 36.9 Å². The third kappa shape index (κ3) is 3.97. The fourth-order valence-corrected chi connectivity index (χ4v) is 2.96. The highest BCUT2D eigenvalue weighted by molar-refractivity contribution is 6.31. The first-order chi connectivity index (χ1) is 9.58. The maximum absolute atomic E-state index is 12.3. The van der Waals surface area contributed by atoms with E-state index in [0.29, 0.717) is 17.5 Å². The van der Waals surface area contributed by atoms with Crippen molar-refractivity contribution in [3.63, 3.8) is 0 Å². The van der Waals surface area contributed by atoms with Gasteiger partial charge in [0.15, 0.2) is 0 Å². The van der Waals surface area contributed by atoms with Crippen molar-refractivity contribution in [1.29, 1.82) is 0 Å². The average Bonchev–Trinajstić information content (AvgIpc) is 2.85. The zero-order valence-electron chi connectivity index (χ0n) is 12.2. The van der Waals surface area contributed by atoms with E-state index in [1.165, 1.54) is 0 Å². The van der Waals surface area contributed by atoms with Crippen molar-refractivity contribution in [2.24, 2.45) is 5.92 Å². The molecule has 0 radical (unpaired) electrons. The maximum Gasteiger partial charge on any atom is 0.237 e. The lowest BCUT2D eigenvalue weighted by Crippen LogP contribution is -2.44. The Morgan fingerprint density at radius 2 is 2.20 bits per heavy atom. The van der Waals surface area contributed by atoms with Crippen molar-refractivity contribution in [2.75, 3.05) is 13.1 Å². The number of amides is 1. The first kappa shape index (κ1) is 15.3. The Morgan fingerprint density at radius 3 is 2.90 bits per heavy atom. The van der Waals surface area contributed by atoms with Crippen molar-refractivity contribution in [1.82, 2.24) is 10.2 Å². The molecule has 20 heavy (non-hydrogen) atoms. The molecule has 1 aromatic rings. The van der Waals surface area contributed by atoms with Crippen LogP contribution in [0.25, 0.3) is 0 Å². The van der Waals surface area contributed by atoms with Gasteiger partial charge in [-0.25, -0.2) is 0 Å². The fraction of sp³-hybridized carbons (Fsp3) is 0.562. The fourth-order valence-electron chi connectivity index (χ4n) is 2.75. The largest absolute Gasteiger partial charge is 0.351 e. The monoisotopic (exact) mass is 294 g/mol. The third-order valence-electron chi connectivity index (χ3n) is 3.68. The average molecular weight is 295 g/mol. The van der Waals surface area contributed by atoms with Crippen LogP contribution in [0.3, 0.4) is 0 Å². The molecule has 1 aromatic carbocycles. The number of rotatable bonds is 5. The van der Waals surface area contributed by atoms with Gasteiger partial charge >= 0.3 is 0 Å². The molecular formula is C16H23ClN2O. The van der Waals surface area contributed by atoms with Gasteiger partial charge in [-0.1, -0.05) is 43.6 Å². The predicted octanol–water partition coefficient (Wildman–Crippen LogP) is 3.08. The van der Waals surface area contributed by atoms with Gasteiger partial charge in [0.2, 0.25) is 5.91 Å². The summed E-state index contributed by atoms with van der Waals surface area (Å²) in [7, 11) is 0. The number of benzene rings is 1. The number of carbonyl (C=O) groups excluding carboxylic acids is 1. The highest BCUT2D eigenvalue weighted by atomic mass is 35.5. The van der Waals surface area contributed by atoms with E-state index in [4.69, 9.17) is 11.6 Å². The minimum absolute atomic E-state index is 0.0277. The van der Waals surface area contributed by atoms with Gasteiger partial charge in [-0.2, -0.15) is 0 Å². The van der Waals surface area contributed by atoms with Crippen molar-refractivity contribution < 1.29 is 4.79 Å². The Morgan fingerprint density at radius 1 is 1.45 bits per heavy atom. The van der Waals surface area contributed by atoms with E-state index < -0.39 is 0 Å². The Kier molecular flexibility index (Phi) is 5.44. The number of nitrogens with zero attached hydrogens (tertiary/aromatic N) is 1.